The number of nitrogens with zero attached hydrogens (tertiary/aromatic N) is 3. The summed E-state index contributed by atoms with van der Waals surface area (Å²) < 4.78 is 8.37. The van der Waals surface area contributed by atoms with E-state index >= 15 is 0 Å². The van der Waals surface area contributed by atoms with E-state index in [1.807, 2.05) is 32.2 Å². The van der Waals surface area contributed by atoms with Gasteiger partial charge in [-0.25, -0.2) is 4.98 Å². The molecule has 2 aromatic rings. The molecule has 1 aromatic carbocycles. The molecule has 0 radical (unpaired) electrons. The number of aryl methyl sites for hydroxylation is 1. The Hall–Kier alpha value is -2.22. The molecule has 2 N–H and O–H groups in total. The largest absolute Gasteiger partial charge is 0.396 e. The lowest BCUT2D eigenvalue weighted by Crippen LogP contribution is -2.58. The molecule has 2 aliphatic heterocycles. The van der Waals surface area contributed by atoms with E-state index in [1.54, 1.807) is 29.0 Å². The summed E-state index contributed by atoms with van der Waals surface area (Å²) in [5.41, 5.74) is 0.242. The number of rotatable bonds is 5. The zero-order chi connectivity index (χ0) is 22.2. The zero-order valence-electron chi connectivity index (χ0n) is 18.6. The van der Waals surface area contributed by atoms with E-state index in [9.17, 15) is 15.0 Å². The molecule has 4 rings (SSSR count). The standard InChI is InChI=1S/C24H33N3O4/c1-23-13-18(17-7-5-4-6-8-17)14-24(31-23,11-12-28)10-9-20(21(23)29)27(3)22(30)19-15-26(2)16-25-19/h4-8,15-16,18,20-21,28-29H,9-14H2,1-3H3/t18-,20+,21-,23+,24-/m1/s1. The van der Waals surface area contributed by atoms with Crippen LogP contribution in [0.4, 0.5) is 0 Å². The first-order valence-corrected chi connectivity index (χ1v) is 11.1. The SMILES string of the molecule is CN(C(=O)c1cn(C)cn1)[C@H]1CC[C@@]2(CCO)C[C@H](c3ccccc3)C[C@](C)(O2)[C@@H]1O. The summed E-state index contributed by atoms with van der Waals surface area (Å²) in [6.45, 7) is 1.98. The smallest absolute Gasteiger partial charge is 0.274 e. The first-order valence-electron chi connectivity index (χ1n) is 11.1. The minimum atomic E-state index is -0.850. The predicted molar refractivity (Wildman–Crippen MR) is 117 cm³/mol. The number of benzene rings is 1. The van der Waals surface area contributed by atoms with Crippen LogP contribution in [0.2, 0.25) is 0 Å². The zero-order valence-corrected chi connectivity index (χ0v) is 18.6. The van der Waals surface area contributed by atoms with Crippen molar-refractivity contribution < 1.29 is 19.7 Å². The maximum Gasteiger partial charge on any atom is 0.274 e. The Morgan fingerprint density at radius 1 is 1.32 bits per heavy atom. The molecule has 1 amide bonds. The van der Waals surface area contributed by atoms with Crippen LogP contribution in [0.15, 0.2) is 42.9 Å². The van der Waals surface area contributed by atoms with Gasteiger partial charge in [0.2, 0.25) is 0 Å². The Kier molecular flexibility index (Phi) is 5.94. The van der Waals surface area contributed by atoms with Gasteiger partial charge in [0.15, 0.2) is 0 Å². The van der Waals surface area contributed by atoms with Crippen LogP contribution in [-0.2, 0) is 11.8 Å². The molecule has 3 heterocycles. The van der Waals surface area contributed by atoms with Crippen LogP contribution in [0.25, 0.3) is 0 Å². The highest BCUT2D eigenvalue weighted by atomic mass is 16.5. The maximum atomic E-state index is 13.1. The van der Waals surface area contributed by atoms with E-state index in [2.05, 4.69) is 17.1 Å². The molecule has 0 aliphatic carbocycles. The van der Waals surface area contributed by atoms with Crippen molar-refractivity contribution in [3.8, 4) is 0 Å². The van der Waals surface area contributed by atoms with E-state index in [1.165, 1.54) is 5.56 Å². The van der Waals surface area contributed by atoms with Crippen molar-refractivity contribution in [2.24, 2.45) is 7.05 Å². The van der Waals surface area contributed by atoms with E-state index < -0.39 is 23.3 Å². The second-order valence-electron chi connectivity index (χ2n) is 9.48. The quantitative estimate of drug-likeness (QED) is 0.766. The molecule has 2 aliphatic rings. The number of amides is 1. The minimum absolute atomic E-state index is 0.0288. The van der Waals surface area contributed by atoms with Gasteiger partial charge in [0, 0.05) is 26.9 Å². The summed E-state index contributed by atoms with van der Waals surface area (Å²) in [4.78, 5) is 18.9. The van der Waals surface area contributed by atoms with Crippen molar-refractivity contribution in [2.45, 2.75) is 68.3 Å². The van der Waals surface area contributed by atoms with E-state index in [-0.39, 0.29) is 18.4 Å². The number of hydrogen-bond acceptors (Lipinski definition) is 5. The number of ether oxygens (including phenoxy) is 1. The molecule has 0 unspecified atom stereocenters. The third-order valence-corrected chi connectivity index (χ3v) is 7.19. The van der Waals surface area contributed by atoms with Crippen LogP contribution in [-0.4, -0.2) is 67.6 Å². The van der Waals surface area contributed by atoms with Gasteiger partial charge in [0.1, 0.15) is 11.8 Å². The lowest BCUT2D eigenvalue weighted by atomic mass is 9.73. The molecule has 0 spiro atoms. The van der Waals surface area contributed by atoms with Crippen LogP contribution in [0.1, 0.15) is 61.0 Å². The fraction of sp³-hybridized carbons (Fsp3) is 0.583. The average molecular weight is 428 g/mol. The number of fused-ring (bicyclic) bond motifs is 2. The number of aliphatic hydroxyl groups excluding tert-OH is 2. The summed E-state index contributed by atoms with van der Waals surface area (Å²) in [5, 5.41) is 21.4. The second kappa shape index (κ2) is 8.37. The number of carbonyl (C=O) groups excluding carboxylic acids is 1. The van der Waals surface area contributed by atoms with E-state index in [0.29, 0.717) is 31.4 Å². The first kappa shape index (κ1) is 22.0. The number of aromatic nitrogens is 2. The fourth-order valence-corrected chi connectivity index (χ4v) is 5.60. The Bertz CT molecular complexity index is 917. The van der Waals surface area contributed by atoms with Gasteiger partial charge < -0.3 is 24.4 Å². The van der Waals surface area contributed by atoms with Crippen LogP contribution >= 0.6 is 0 Å². The fourth-order valence-electron chi connectivity index (χ4n) is 5.60. The Balaban J connectivity index is 1.65. The van der Waals surface area contributed by atoms with Crippen molar-refractivity contribution in [3.63, 3.8) is 0 Å². The summed E-state index contributed by atoms with van der Waals surface area (Å²) in [7, 11) is 3.56. The van der Waals surface area contributed by atoms with Gasteiger partial charge in [-0.3, -0.25) is 4.79 Å². The van der Waals surface area contributed by atoms with Gasteiger partial charge in [-0.15, -0.1) is 0 Å². The highest BCUT2D eigenvalue weighted by Crippen LogP contribution is 2.51. The van der Waals surface area contributed by atoms with Crippen LogP contribution in [0.5, 0.6) is 0 Å². The van der Waals surface area contributed by atoms with Crippen molar-refractivity contribution in [2.75, 3.05) is 13.7 Å². The average Bonchev–Trinajstić information content (AvgIpc) is 3.17. The summed E-state index contributed by atoms with van der Waals surface area (Å²) in [6, 6.07) is 9.93. The molecule has 168 valence electrons. The molecule has 7 heteroatoms. The van der Waals surface area contributed by atoms with Crippen molar-refractivity contribution in [3.05, 3.63) is 54.1 Å². The van der Waals surface area contributed by atoms with Gasteiger partial charge in [0.25, 0.3) is 5.91 Å². The maximum absolute atomic E-state index is 13.1. The highest BCUT2D eigenvalue weighted by molar-refractivity contribution is 5.92. The predicted octanol–water partition coefficient (Wildman–Crippen LogP) is 2.49. The van der Waals surface area contributed by atoms with Crippen LogP contribution in [0.3, 0.4) is 0 Å². The first-order chi connectivity index (χ1) is 14.8. The molecular formula is C24H33N3O4. The number of likely N-dealkylation sites (N-methyl/N-ethyl adjacent to an activating group) is 1. The third kappa shape index (κ3) is 4.14. The molecule has 2 bridgehead atoms. The lowest BCUT2D eigenvalue weighted by Gasteiger charge is -2.50. The summed E-state index contributed by atoms with van der Waals surface area (Å²) in [6.07, 6.45) is 5.69. The number of hydrogen-bond donors (Lipinski definition) is 2. The number of carbonyl (C=O) groups is 1. The van der Waals surface area contributed by atoms with Gasteiger partial charge in [0.05, 0.1) is 23.6 Å². The van der Waals surface area contributed by atoms with Gasteiger partial charge in [-0.2, -0.15) is 0 Å². The molecule has 2 saturated heterocycles. The van der Waals surface area contributed by atoms with Crippen molar-refractivity contribution in [1.82, 2.24) is 14.5 Å². The highest BCUT2D eigenvalue weighted by Gasteiger charge is 2.55. The van der Waals surface area contributed by atoms with Crippen molar-refractivity contribution >= 4 is 5.91 Å². The Morgan fingerprint density at radius 3 is 2.71 bits per heavy atom. The molecule has 2 fully saturated rings. The van der Waals surface area contributed by atoms with Gasteiger partial charge in [-0.05, 0) is 50.5 Å². The van der Waals surface area contributed by atoms with Crippen molar-refractivity contribution in [1.29, 1.82) is 0 Å². The molecular weight excluding hydrogens is 394 g/mol. The van der Waals surface area contributed by atoms with E-state index in [4.69, 9.17) is 4.74 Å². The van der Waals surface area contributed by atoms with E-state index in [0.717, 1.165) is 6.42 Å². The number of imidazole rings is 1. The normalized spacial score (nSPS) is 33.0. The molecule has 31 heavy (non-hydrogen) atoms. The van der Waals surface area contributed by atoms with Gasteiger partial charge in [-0.1, -0.05) is 30.3 Å². The Morgan fingerprint density at radius 2 is 2.06 bits per heavy atom. The van der Waals surface area contributed by atoms with Crippen LogP contribution < -0.4 is 0 Å². The minimum Gasteiger partial charge on any atom is -0.396 e. The van der Waals surface area contributed by atoms with Gasteiger partial charge >= 0.3 is 0 Å². The van der Waals surface area contributed by atoms with Crippen LogP contribution in [0, 0.1) is 0 Å². The molecule has 7 nitrogen and oxygen atoms in total. The second-order valence-corrected chi connectivity index (χ2v) is 9.48. The lowest BCUT2D eigenvalue weighted by molar-refractivity contribution is -0.225. The Labute approximate surface area is 183 Å². The molecule has 1 aromatic heterocycles. The summed E-state index contributed by atoms with van der Waals surface area (Å²) >= 11 is 0. The number of aliphatic hydroxyl groups is 2. The third-order valence-electron chi connectivity index (χ3n) is 7.19. The topological polar surface area (TPSA) is 87.8 Å². The molecule has 5 atom stereocenters. The molecule has 0 saturated carbocycles. The summed E-state index contributed by atoms with van der Waals surface area (Å²) in [5.74, 6) is 0.0113. The monoisotopic (exact) mass is 427 g/mol.